The fourth-order valence-corrected chi connectivity index (χ4v) is 1.74. The predicted molar refractivity (Wildman–Crippen MR) is 65.4 cm³/mol. The minimum atomic E-state index is -0.569. The van der Waals surface area contributed by atoms with Crippen LogP contribution in [0, 0.1) is 12.3 Å². The molecule has 0 aliphatic rings. The van der Waals surface area contributed by atoms with Gasteiger partial charge in [0, 0.05) is 5.39 Å². The number of aliphatic hydroxyl groups is 1. The van der Waals surface area contributed by atoms with Crippen molar-refractivity contribution in [2.45, 2.75) is 33.8 Å². The number of fused-ring (bicyclic) bond motifs is 1. The summed E-state index contributed by atoms with van der Waals surface area (Å²) in [4.78, 5) is 0. The van der Waals surface area contributed by atoms with Gasteiger partial charge < -0.3 is 9.52 Å². The zero-order chi connectivity index (χ0) is 11.9. The molecule has 1 aromatic carbocycles. The van der Waals surface area contributed by atoms with E-state index in [1.54, 1.807) is 0 Å². The molecule has 2 heteroatoms. The van der Waals surface area contributed by atoms with Crippen LogP contribution in [-0.4, -0.2) is 5.11 Å². The first kappa shape index (κ1) is 11.2. The number of hydrogen-bond acceptors (Lipinski definition) is 2. The normalized spacial score (nSPS) is 14.3. The third-order valence-corrected chi connectivity index (χ3v) is 2.78. The predicted octanol–water partition coefficient (Wildman–Crippen LogP) is 3.82. The van der Waals surface area contributed by atoms with Gasteiger partial charge in [0.25, 0.3) is 0 Å². The smallest absolute Gasteiger partial charge is 0.134 e. The lowest BCUT2D eigenvalue weighted by Crippen LogP contribution is -2.16. The molecule has 0 bridgehead atoms. The van der Waals surface area contributed by atoms with Gasteiger partial charge in [-0.25, -0.2) is 0 Å². The van der Waals surface area contributed by atoms with Crippen LogP contribution in [0.1, 0.15) is 38.2 Å². The molecule has 0 aliphatic carbocycles. The van der Waals surface area contributed by atoms with Crippen LogP contribution in [-0.2, 0) is 0 Å². The minimum Gasteiger partial charge on any atom is -0.458 e. The van der Waals surface area contributed by atoms with Crippen molar-refractivity contribution in [3.63, 3.8) is 0 Å². The number of furan rings is 1. The zero-order valence-corrected chi connectivity index (χ0v) is 10.2. The second kappa shape index (κ2) is 3.63. The Labute approximate surface area is 95.9 Å². The molecule has 1 aromatic heterocycles. The van der Waals surface area contributed by atoms with E-state index in [1.165, 1.54) is 5.56 Å². The summed E-state index contributed by atoms with van der Waals surface area (Å²) < 4.78 is 5.66. The highest BCUT2D eigenvalue weighted by molar-refractivity contribution is 5.78. The van der Waals surface area contributed by atoms with Crippen molar-refractivity contribution in [2.24, 2.45) is 5.41 Å². The summed E-state index contributed by atoms with van der Waals surface area (Å²) >= 11 is 0. The van der Waals surface area contributed by atoms with Crippen LogP contribution < -0.4 is 0 Å². The SMILES string of the molecule is Cc1ccc2oc(C(O)C(C)(C)C)cc2c1. The lowest BCUT2D eigenvalue weighted by molar-refractivity contribution is 0.0448. The van der Waals surface area contributed by atoms with E-state index < -0.39 is 6.10 Å². The Kier molecular flexibility index (Phi) is 2.55. The molecule has 2 aromatic rings. The largest absolute Gasteiger partial charge is 0.458 e. The highest BCUT2D eigenvalue weighted by atomic mass is 16.4. The van der Waals surface area contributed by atoms with Crippen LogP contribution in [0.5, 0.6) is 0 Å². The molecule has 2 rings (SSSR count). The molecule has 86 valence electrons. The van der Waals surface area contributed by atoms with Gasteiger partial charge in [-0.15, -0.1) is 0 Å². The van der Waals surface area contributed by atoms with Crippen molar-refractivity contribution in [3.8, 4) is 0 Å². The lowest BCUT2D eigenvalue weighted by atomic mass is 9.88. The molecule has 16 heavy (non-hydrogen) atoms. The van der Waals surface area contributed by atoms with Crippen LogP contribution >= 0.6 is 0 Å². The molecule has 0 spiro atoms. The highest BCUT2D eigenvalue weighted by Crippen LogP contribution is 2.35. The average molecular weight is 218 g/mol. The fourth-order valence-electron chi connectivity index (χ4n) is 1.74. The summed E-state index contributed by atoms with van der Waals surface area (Å²) in [6.07, 6.45) is -0.569. The van der Waals surface area contributed by atoms with E-state index in [-0.39, 0.29) is 5.41 Å². The molecule has 0 radical (unpaired) electrons. The second-order valence-electron chi connectivity index (χ2n) is 5.46. The monoisotopic (exact) mass is 218 g/mol. The Morgan fingerprint density at radius 2 is 1.88 bits per heavy atom. The van der Waals surface area contributed by atoms with E-state index in [0.717, 1.165) is 11.0 Å². The Bertz CT molecular complexity index is 503. The van der Waals surface area contributed by atoms with E-state index in [0.29, 0.717) is 5.76 Å². The van der Waals surface area contributed by atoms with Crippen molar-refractivity contribution in [2.75, 3.05) is 0 Å². The van der Waals surface area contributed by atoms with Gasteiger partial charge in [0.05, 0.1) is 0 Å². The molecule has 2 nitrogen and oxygen atoms in total. The zero-order valence-electron chi connectivity index (χ0n) is 10.2. The molecule has 1 atom stereocenters. The maximum Gasteiger partial charge on any atom is 0.134 e. The Morgan fingerprint density at radius 3 is 2.50 bits per heavy atom. The van der Waals surface area contributed by atoms with E-state index in [4.69, 9.17) is 4.42 Å². The Hall–Kier alpha value is -1.28. The topological polar surface area (TPSA) is 33.4 Å². The summed E-state index contributed by atoms with van der Waals surface area (Å²) in [5.74, 6) is 0.646. The van der Waals surface area contributed by atoms with E-state index in [9.17, 15) is 5.11 Å². The molecular formula is C14H18O2. The first-order valence-corrected chi connectivity index (χ1v) is 5.56. The molecule has 1 heterocycles. The van der Waals surface area contributed by atoms with Gasteiger partial charge in [0.1, 0.15) is 17.4 Å². The van der Waals surface area contributed by atoms with E-state index in [1.807, 2.05) is 45.9 Å². The molecule has 0 saturated heterocycles. The van der Waals surface area contributed by atoms with Crippen molar-refractivity contribution in [3.05, 3.63) is 35.6 Å². The third-order valence-electron chi connectivity index (χ3n) is 2.78. The quantitative estimate of drug-likeness (QED) is 0.789. The Morgan fingerprint density at radius 1 is 1.19 bits per heavy atom. The first-order chi connectivity index (χ1) is 7.38. The summed E-state index contributed by atoms with van der Waals surface area (Å²) in [5.41, 5.74) is 1.83. The third kappa shape index (κ3) is 1.98. The Balaban J connectivity index is 2.47. The van der Waals surface area contributed by atoms with Crippen LogP contribution in [0.25, 0.3) is 11.0 Å². The van der Waals surface area contributed by atoms with Gasteiger partial charge in [-0.3, -0.25) is 0 Å². The molecular weight excluding hydrogens is 200 g/mol. The molecule has 1 unspecified atom stereocenters. The highest BCUT2D eigenvalue weighted by Gasteiger charge is 2.26. The van der Waals surface area contributed by atoms with Crippen molar-refractivity contribution >= 4 is 11.0 Å². The molecule has 0 amide bonds. The van der Waals surface area contributed by atoms with Crippen LogP contribution in [0.3, 0.4) is 0 Å². The van der Waals surface area contributed by atoms with Crippen molar-refractivity contribution in [1.82, 2.24) is 0 Å². The average Bonchev–Trinajstić information content (AvgIpc) is 2.57. The lowest BCUT2D eigenvalue weighted by Gasteiger charge is -2.23. The van der Waals surface area contributed by atoms with Crippen LogP contribution in [0.4, 0.5) is 0 Å². The summed E-state index contributed by atoms with van der Waals surface area (Å²) in [7, 11) is 0. The molecule has 1 N–H and O–H groups in total. The standard InChI is InChI=1S/C14H18O2/c1-9-5-6-11-10(7-9)8-12(16-11)13(15)14(2,3)4/h5-8,13,15H,1-4H3. The van der Waals surface area contributed by atoms with Gasteiger partial charge >= 0.3 is 0 Å². The van der Waals surface area contributed by atoms with Crippen LogP contribution in [0.2, 0.25) is 0 Å². The maximum absolute atomic E-state index is 10.1. The number of hydrogen-bond donors (Lipinski definition) is 1. The van der Waals surface area contributed by atoms with Crippen LogP contribution in [0.15, 0.2) is 28.7 Å². The van der Waals surface area contributed by atoms with Gasteiger partial charge in [0.2, 0.25) is 0 Å². The molecule has 0 fully saturated rings. The summed E-state index contributed by atoms with van der Waals surface area (Å²) in [6.45, 7) is 8.04. The minimum absolute atomic E-state index is 0.205. The summed E-state index contributed by atoms with van der Waals surface area (Å²) in [6, 6.07) is 7.96. The maximum atomic E-state index is 10.1. The van der Waals surface area contributed by atoms with Crippen molar-refractivity contribution < 1.29 is 9.52 Å². The van der Waals surface area contributed by atoms with Gasteiger partial charge in [-0.1, -0.05) is 32.4 Å². The number of rotatable bonds is 1. The van der Waals surface area contributed by atoms with E-state index >= 15 is 0 Å². The second-order valence-corrected chi connectivity index (χ2v) is 5.46. The first-order valence-electron chi connectivity index (χ1n) is 5.56. The number of aliphatic hydroxyl groups excluding tert-OH is 1. The summed E-state index contributed by atoms with van der Waals surface area (Å²) in [5, 5.41) is 11.2. The van der Waals surface area contributed by atoms with E-state index in [2.05, 4.69) is 6.07 Å². The van der Waals surface area contributed by atoms with Crippen molar-refractivity contribution in [1.29, 1.82) is 0 Å². The molecule has 0 saturated carbocycles. The molecule has 0 aliphatic heterocycles. The van der Waals surface area contributed by atoms with Gasteiger partial charge in [-0.05, 0) is 30.5 Å². The fraction of sp³-hybridized carbons (Fsp3) is 0.429. The number of benzene rings is 1. The van der Waals surface area contributed by atoms with Gasteiger partial charge in [-0.2, -0.15) is 0 Å². The number of aryl methyl sites for hydroxylation is 1. The van der Waals surface area contributed by atoms with Gasteiger partial charge in [0.15, 0.2) is 0 Å².